The van der Waals surface area contributed by atoms with Crippen LogP contribution in [0.4, 0.5) is 5.69 Å². The van der Waals surface area contributed by atoms with Crippen LogP contribution in [0.5, 0.6) is 11.5 Å². The summed E-state index contributed by atoms with van der Waals surface area (Å²) in [7, 11) is 3.16. The van der Waals surface area contributed by atoms with Crippen LogP contribution in [-0.4, -0.2) is 37.5 Å². The van der Waals surface area contributed by atoms with Crippen LogP contribution >= 0.6 is 23.4 Å². The molecule has 2 amide bonds. The zero-order valence-electron chi connectivity index (χ0n) is 16.0. The Bertz CT molecular complexity index is 814. The van der Waals surface area contributed by atoms with Crippen molar-refractivity contribution in [3.05, 3.63) is 53.1 Å². The third kappa shape index (κ3) is 6.65. The molecular formula is C20H23ClN2O4S. The van der Waals surface area contributed by atoms with Gasteiger partial charge in [-0.25, -0.2) is 0 Å². The maximum absolute atomic E-state index is 12.2. The number of rotatable bonds is 9. The number of amides is 2. The van der Waals surface area contributed by atoms with Crippen molar-refractivity contribution in [3.63, 3.8) is 0 Å². The van der Waals surface area contributed by atoms with Gasteiger partial charge in [0, 0.05) is 16.3 Å². The second-order valence-electron chi connectivity index (χ2n) is 5.94. The zero-order valence-corrected chi connectivity index (χ0v) is 17.5. The molecule has 2 aromatic rings. The highest BCUT2D eigenvalue weighted by molar-refractivity contribution is 8.00. The van der Waals surface area contributed by atoms with E-state index in [1.54, 1.807) is 50.6 Å². The molecule has 2 aromatic carbocycles. The van der Waals surface area contributed by atoms with Gasteiger partial charge in [-0.15, -0.1) is 11.8 Å². The number of benzene rings is 2. The van der Waals surface area contributed by atoms with Gasteiger partial charge < -0.3 is 20.1 Å². The van der Waals surface area contributed by atoms with Gasteiger partial charge >= 0.3 is 0 Å². The molecule has 0 spiro atoms. The molecule has 0 unspecified atom stereocenters. The summed E-state index contributed by atoms with van der Waals surface area (Å²) in [5.41, 5.74) is 1.49. The van der Waals surface area contributed by atoms with Gasteiger partial charge in [-0.05, 0) is 49.4 Å². The maximum Gasteiger partial charge on any atom is 0.234 e. The fraction of sp³-hybridized carbons (Fsp3) is 0.300. The summed E-state index contributed by atoms with van der Waals surface area (Å²) in [5, 5.41) is 6.27. The molecule has 2 N–H and O–H groups in total. The maximum atomic E-state index is 12.2. The highest BCUT2D eigenvalue weighted by Gasteiger charge is 2.15. The van der Waals surface area contributed by atoms with Crippen LogP contribution in [0.3, 0.4) is 0 Å². The van der Waals surface area contributed by atoms with Gasteiger partial charge in [-0.1, -0.05) is 11.6 Å². The number of carbonyl (C=O) groups is 2. The average molecular weight is 423 g/mol. The van der Waals surface area contributed by atoms with E-state index in [0.29, 0.717) is 22.2 Å². The Morgan fingerprint density at radius 3 is 2.36 bits per heavy atom. The Labute approximate surface area is 173 Å². The first-order valence-electron chi connectivity index (χ1n) is 8.57. The monoisotopic (exact) mass is 422 g/mol. The number of hydrogen-bond donors (Lipinski definition) is 2. The van der Waals surface area contributed by atoms with Crippen LogP contribution in [0, 0.1) is 0 Å². The van der Waals surface area contributed by atoms with Gasteiger partial charge in [0.25, 0.3) is 0 Å². The molecule has 150 valence electrons. The minimum absolute atomic E-state index is 0.165. The van der Waals surface area contributed by atoms with Gasteiger partial charge in [0.1, 0.15) is 11.5 Å². The first-order valence-corrected chi connectivity index (χ1v) is 10.1. The third-order valence-corrected chi connectivity index (χ3v) is 5.06. The van der Waals surface area contributed by atoms with Crippen molar-refractivity contribution in [2.45, 2.75) is 13.0 Å². The minimum Gasteiger partial charge on any atom is -0.497 e. The Kier molecular flexibility index (Phi) is 8.47. The summed E-state index contributed by atoms with van der Waals surface area (Å²) >= 11 is 7.05. The molecule has 1 atom stereocenters. The normalized spacial score (nSPS) is 11.4. The molecule has 0 bridgehead atoms. The Balaban J connectivity index is 1.80. The van der Waals surface area contributed by atoms with Crippen LogP contribution in [-0.2, 0) is 9.59 Å². The third-order valence-electron chi connectivity index (χ3n) is 3.88. The molecule has 0 aromatic heterocycles. The van der Waals surface area contributed by atoms with Crippen LogP contribution < -0.4 is 20.1 Å². The molecule has 0 aliphatic rings. The van der Waals surface area contributed by atoms with Crippen molar-refractivity contribution >= 4 is 40.9 Å². The van der Waals surface area contributed by atoms with E-state index in [1.165, 1.54) is 11.8 Å². The van der Waals surface area contributed by atoms with Crippen molar-refractivity contribution in [2.75, 3.05) is 31.0 Å². The van der Waals surface area contributed by atoms with Gasteiger partial charge in [0.15, 0.2) is 0 Å². The number of ether oxygens (including phenoxy) is 2. The average Bonchev–Trinajstić information content (AvgIpc) is 2.69. The molecule has 2 rings (SSSR count). The molecule has 0 aliphatic carbocycles. The molecule has 0 fully saturated rings. The fourth-order valence-electron chi connectivity index (χ4n) is 2.51. The molecule has 28 heavy (non-hydrogen) atoms. The first-order chi connectivity index (χ1) is 13.4. The predicted octanol–water partition coefficient (Wildman–Crippen LogP) is 3.91. The number of carbonyl (C=O) groups excluding carboxylic acids is 2. The van der Waals surface area contributed by atoms with Crippen molar-refractivity contribution in [1.29, 1.82) is 0 Å². The van der Waals surface area contributed by atoms with Crippen molar-refractivity contribution in [2.24, 2.45) is 0 Å². The van der Waals surface area contributed by atoms with Crippen LogP contribution in [0.1, 0.15) is 18.5 Å². The molecule has 6 nitrogen and oxygen atoms in total. The number of nitrogens with one attached hydrogen (secondary N) is 2. The van der Waals surface area contributed by atoms with E-state index in [4.69, 9.17) is 21.1 Å². The molecule has 8 heteroatoms. The van der Waals surface area contributed by atoms with E-state index < -0.39 is 0 Å². The standard InChI is InChI=1S/C20H23ClN2O4S/c1-13(17-10-16(26-2)8-9-18(17)27-3)22-19(24)11-28-12-20(25)23-15-6-4-14(21)5-7-15/h4-10,13H,11-12H2,1-3H3,(H,22,24)(H,23,25)/t13-/m0/s1. The van der Waals surface area contributed by atoms with E-state index in [-0.39, 0.29) is 29.4 Å². The lowest BCUT2D eigenvalue weighted by Crippen LogP contribution is -2.29. The topological polar surface area (TPSA) is 76.7 Å². The van der Waals surface area contributed by atoms with Crippen LogP contribution in [0.15, 0.2) is 42.5 Å². The molecule has 0 saturated heterocycles. The number of anilines is 1. The molecule has 0 aliphatic heterocycles. The summed E-state index contributed by atoms with van der Waals surface area (Å²) in [5.74, 6) is 1.36. The van der Waals surface area contributed by atoms with Gasteiger partial charge in [-0.3, -0.25) is 9.59 Å². The first kappa shape index (κ1) is 21.9. The predicted molar refractivity (Wildman–Crippen MR) is 114 cm³/mol. The molecular weight excluding hydrogens is 400 g/mol. The van der Waals surface area contributed by atoms with Gasteiger partial charge in [0.05, 0.1) is 31.8 Å². The minimum atomic E-state index is -0.263. The Morgan fingerprint density at radius 2 is 1.71 bits per heavy atom. The Hall–Kier alpha value is -2.38. The highest BCUT2D eigenvalue weighted by Crippen LogP contribution is 2.29. The van der Waals surface area contributed by atoms with Crippen LogP contribution in [0.2, 0.25) is 5.02 Å². The number of hydrogen-bond acceptors (Lipinski definition) is 5. The SMILES string of the molecule is COc1ccc(OC)c([C@H](C)NC(=O)CSCC(=O)Nc2ccc(Cl)cc2)c1. The lowest BCUT2D eigenvalue weighted by Gasteiger charge is -2.18. The summed E-state index contributed by atoms with van der Waals surface area (Å²) in [6, 6.07) is 12.0. The zero-order chi connectivity index (χ0) is 20.5. The summed E-state index contributed by atoms with van der Waals surface area (Å²) in [6.45, 7) is 1.87. The van der Waals surface area contributed by atoms with E-state index in [9.17, 15) is 9.59 Å². The van der Waals surface area contributed by atoms with E-state index in [2.05, 4.69) is 10.6 Å². The van der Waals surface area contributed by atoms with Gasteiger partial charge in [0.2, 0.25) is 11.8 Å². The summed E-state index contributed by atoms with van der Waals surface area (Å²) in [6.07, 6.45) is 0. The highest BCUT2D eigenvalue weighted by atomic mass is 35.5. The van der Waals surface area contributed by atoms with Crippen molar-refractivity contribution in [1.82, 2.24) is 5.32 Å². The largest absolute Gasteiger partial charge is 0.497 e. The Morgan fingerprint density at radius 1 is 1.04 bits per heavy atom. The number of halogens is 1. The fourth-order valence-corrected chi connectivity index (χ4v) is 3.26. The van der Waals surface area contributed by atoms with Crippen molar-refractivity contribution < 1.29 is 19.1 Å². The van der Waals surface area contributed by atoms with Crippen LogP contribution in [0.25, 0.3) is 0 Å². The second-order valence-corrected chi connectivity index (χ2v) is 7.37. The van der Waals surface area contributed by atoms with E-state index in [0.717, 1.165) is 5.56 Å². The second kappa shape index (κ2) is 10.8. The smallest absolute Gasteiger partial charge is 0.234 e. The molecule has 0 heterocycles. The summed E-state index contributed by atoms with van der Waals surface area (Å²) in [4.78, 5) is 24.2. The quantitative estimate of drug-likeness (QED) is 0.640. The lowest BCUT2D eigenvalue weighted by atomic mass is 10.1. The molecule has 0 radical (unpaired) electrons. The van der Waals surface area contributed by atoms with Gasteiger partial charge in [-0.2, -0.15) is 0 Å². The van der Waals surface area contributed by atoms with E-state index >= 15 is 0 Å². The number of methoxy groups -OCH3 is 2. The molecule has 0 saturated carbocycles. The van der Waals surface area contributed by atoms with Crippen molar-refractivity contribution in [3.8, 4) is 11.5 Å². The lowest BCUT2D eigenvalue weighted by molar-refractivity contribution is -0.119. The van der Waals surface area contributed by atoms with E-state index in [1.807, 2.05) is 13.0 Å². The number of thioether (sulfide) groups is 1. The summed E-state index contributed by atoms with van der Waals surface area (Å²) < 4.78 is 10.6.